The molecule has 0 fully saturated rings. The number of amides is 1. The van der Waals surface area contributed by atoms with Gasteiger partial charge < -0.3 is 10.4 Å². The van der Waals surface area contributed by atoms with Crippen molar-refractivity contribution in [1.29, 1.82) is 0 Å². The van der Waals surface area contributed by atoms with Crippen LogP contribution in [0.3, 0.4) is 0 Å². The van der Waals surface area contributed by atoms with Gasteiger partial charge in [0.1, 0.15) is 5.75 Å². The number of hydrogen-bond acceptors (Lipinski definition) is 3. The number of nitrogens with zero attached hydrogens (tertiary/aromatic N) is 1. The molecule has 0 aliphatic heterocycles. The Bertz CT molecular complexity index is 556. The average Bonchev–Trinajstić information content (AvgIpc) is 2.64. The Morgan fingerprint density at radius 2 is 2.11 bits per heavy atom. The standard InChI is InChI=1S/C13H15N3O2/c1-8-13(9(2)16-15-8)14-12(18)7-10-5-3-4-6-11(10)17/h3-6,17H,7H2,1-2H3,(H,14,18)(H,15,16). The first-order chi connectivity index (χ1) is 8.58. The van der Waals surface area contributed by atoms with Gasteiger partial charge in [0.2, 0.25) is 5.91 Å². The van der Waals surface area contributed by atoms with E-state index in [9.17, 15) is 9.90 Å². The second kappa shape index (κ2) is 4.91. The van der Waals surface area contributed by atoms with Crippen molar-refractivity contribution in [2.24, 2.45) is 0 Å². The molecule has 0 saturated heterocycles. The molecule has 1 aromatic carbocycles. The van der Waals surface area contributed by atoms with Crippen LogP contribution in [0.25, 0.3) is 0 Å². The summed E-state index contributed by atoms with van der Waals surface area (Å²) in [6, 6.07) is 6.80. The van der Waals surface area contributed by atoms with Gasteiger partial charge in [0.05, 0.1) is 23.5 Å². The molecule has 0 atom stereocenters. The summed E-state index contributed by atoms with van der Waals surface area (Å²) in [4.78, 5) is 11.9. The van der Waals surface area contributed by atoms with Gasteiger partial charge in [-0.25, -0.2) is 0 Å². The smallest absolute Gasteiger partial charge is 0.229 e. The first kappa shape index (κ1) is 12.2. The second-order valence-electron chi connectivity index (χ2n) is 4.16. The van der Waals surface area contributed by atoms with Crippen molar-refractivity contribution in [3.63, 3.8) is 0 Å². The van der Waals surface area contributed by atoms with Gasteiger partial charge >= 0.3 is 0 Å². The third-order valence-electron chi connectivity index (χ3n) is 2.74. The van der Waals surface area contributed by atoms with E-state index in [2.05, 4.69) is 15.5 Å². The van der Waals surface area contributed by atoms with E-state index in [-0.39, 0.29) is 18.1 Å². The Hall–Kier alpha value is -2.30. The molecular formula is C13H15N3O2. The predicted molar refractivity (Wildman–Crippen MR) is 68.5 cm³/mol. The van der Waals surface area contributed by atoms with Crippen molar-refractivity contribution >= 4 is 11.6 Å². The minimum absolute atomic E-state index is 0.133. The predicted octanol–water partition coefficient (Wildman–Crippen LogP) is 1.91. The Kier molecular flexibility index (Phi) is 3.32. The molecular weight excluding hydrogens is 230 g/mol. The summed E-state index contributed by atoms with van der Waals surface area (Å²) in [5, 5.41) is 19.2. The molecule has 2 rings (SSSR count). The lowest BCUT2D eigenvalue weighted by Crippen LogP contribution is -2.15. The molecule has 5 heteroatoms. The summed E-state index contributed by atoms with van der Waals surface area (Å²) in [6.07, 6.45) is 0.136. The molecule has 94 valence electrons. The van der Waals surface area contributed by atoms with Crippen LogP contribution in [0.5, 0.6) is 5.75 Å². The number of aromatic nitrogens is 2. The minimum atomic E-state index is -0.177. The zero-order chi connectivity index (χ0) is 13.1. The Labute approximate surface area is 105 Å². The van der Waals surface area contributed by atoms with Crippen LogP contribution >= 0.6 is 0 Å². The van der Waals surface area contributed by atoms with Crippen molar-refractivity contribution in [1.82, 2.24) is 10.2 Å². The van der Waals surface area contributed by atoms with E-state index < -0.39 is 0 Å². The highest BCUT2D eigenvalue weighted by Crippen LogP contribution is 2.19. The molecule has 0 radical (unpaired) electrons. The Morgan fingerprint density at radius 1 is 1.39 bits per heavy atom. The second-order valence-corrected chi connectivity index (χ2v) is 4.16. The first-order valence-corrected chi connectivity index (χ1v) is 5.66. The van der Waals surface area contributed by atoms with Crippen molar-refractivity contribution in [3.05, 3.63) is 41.2 Å². The van der Waals surface area contributed by atoms with Gasteiger partial charge in [-0.3, -0.25) is 9.89 Å². The number of phenols is 1. The van der Waals surface area contributed by atoms with E-state index in [1.54, 1.807) is 24.3 Å². The lowest BCUT2D eigenvalue weighted by molar-refractivity contribution is -0.115. The highest BCUT2D eigenvalue weighted by molar-refractivity contribution is 5.93. The maximum Gasteiger partial charge on any atom is 0.229 e. The number of aromatic amines is 1. The molecule has 3 N–H and O–H groups in total. The van der Waals surface area contributed by atoms with Gasteiger partial charge in [-0.2, -0.15) is 5.10 Å². The van der Waals surface area contributed by atoms with Gasteiger partial charge in [0.15, 0.2) is 0 Å². The topological polar surface area (TPSA) is 78.0 Å². The summed E-state index contributed by atoms with van der Waals surface area (Å²) < 4.78 is 0. The Morgan fingerprint density at radius 3 is 2.72 bits per heavy atom. The van der Waals surface area contributed by atoms with E-state index in [0.29, 0.717) is 11.3 Å². The SMILES string of the molecule is Cc1n[nH]c(C)c1NC(=O)Cc1ccccc1O. The molecule has 5 nitrogen and oxygen atoms in total. The zero-order valence-electron chi connectivity index (χ0n) is 10.3. The molecule has 2 aromatic rings. The molecule has 1 aromatic heterocycles. The maximum atomic E-state index is 11.9. The number of hydrogen-bond donors (Lipinski definition) is 3. The largest absolute Gasteiger partial charge is 0.508 e. The molecule has 0 saturated carbocycles. The fourth-order valence-electron chi connectivity index (χ4n) is 1.75. The minimum Gasteiger partial charge on any atom is -0.508 e. The van der Waals surface area contributed by atoms with Crippen LogP contribution in [0.1, 0.15) is 17.0 Å². The van der Waals surface area contributed by atoms with E-state index in [4.69, 9.17) is 0 Å². The number of benzene rings is 1. The van der Waals surface area contributed by atoms with Crippen molar-refractivity contribution < 1.29 is 9.90 Å². The highest BCUT2D eigenvalue weighted by Gasteiger charge is 2.12. The van der Waals surface area contributed by atoms with Crippen LogP contribution in [0.15, 0.2) is 24.3 Å². The number of nitrogens with one attached hydrogen (secondary N) is 2. The summed E-state index contributed by atoms with van der Waals surface area (Å²) in [6.45, 7) is 3.66. The molecule has 0 aliphatic rings. The lowest BCUT2D eigenvalue weighted by atomic mass is 10.1. The van der Waals surface area contributed by atoms with E-state index in [0.717, 1.165) is 11.4 Å². The van der Waals surface area contributed by atoms with Crippen molar-refractivity contribution in [3.8, 4) is 5.75 Å². The number of H-pyrrole nitrogens is 1. The first-order valence-electron chi connectivity index (χ1n) is 5.66. The number of phenolic OH excluding ortho intramolecular Hbond substituents is 1. The zero-order valence-corrected chi connectivity index (χ0v) is 10.3. The van der Waals surface area contributed by atoms with Crippen LogP contribution in [0.2, 0.25) is 0 Å². The van der Waals surface area contributed by atoms with Crippen LogP contribution in [-0.2, 0) is 11.2 Å². The number of para-hydroxylation sites is 1. The van der Waals surface area contributed by atoms with Gasteiger partial charge in [-0.05, 0) is 19.9 Å². The lowest BCUT2D eigenvalue weighted by Gasteiger charge is -2.06. The van der Waals surface area contributed by atoms with Crippen LogP contribution in [0.4, 0.5) is 5.69 Å². The monoisotopic (exact) mass is 245 g/mol. The number of aromatic hydroxyl groups is 1. The van der Waals surface area contributed by atoms with Crippen LogP contribution in [0, 0.1) is 13.8 Å². The van der Waals surface area contributed by atoms with Crippen molar-refractivity contribution in [2.45, 2.75) is 20.3 Å². The van der Waals surface area contributed by atoms with Crippen molar-refractivity contribution in [2.75, 3.05) is 5.32 Å². The molecule has 0 bridgehead atoms. The summed E-state index contributed by atoms with van der Waals surface area (Å²) in [5.74, 6) is -0.0441. The number of anilines is 1. The molecule has 1 amide bonds. The normalized spacial score (nSPS) is 10.3. The molecule has 0 aliphatic carbocycles. The molecule has 18 heavy (non-hydrogen) atoms. The number of carbonyl (C=O) groups excluding carboxylic acids is 1. The van der Waals surface area contributed by atoms with E-state index in [1.807, 2.05) is 13.8 Å². The van der Waals surface area contributed by atoms with E-state index in [1.165, 1.54) is 0 Å². The summed E-state index contributed by atoms with van der Waals surface area (Å²) in [7, 11) is 0. The van der Waals surface area contributed by atoms with Gasteiger partial charge in [-0.1, -0.05) is 18.2 Å². The van der Waals surface area contributed by atoms with Crippen LogP contribution in [-0.4, -0.2) is 21.2 Å². The summed E-state index contributed by atoms with van der Waals surface area (Å²) >= 11 is 0. The number of carbonyl (C=O) groups is 1. The third kappa shape index (κ3) is 2.51. The van der Waals surface area contributed by atoms with Gasteiger partial charge in [-0.15, -0.1) is 0 Å². The molecule has 0 spiro atoms. The fraction of sp³-hybridized carbons (Fsp3) is 0.231. The maximum absolute atomic E-state index is 11.9. The average molecular weight is 245 g/mol. The number of aryl methyl sites for hydroxylation is 2. The number of rotatable bonds is 3. The van der Waals surface area contributed by atoms with E-state index >= 15 is 0 Å². The molecule has 0 unspecified atom stereocenters. The Balaban J connectivity index is 2.08. The van der Waals surface area contributed by atoms with Gasteiger partial charge in [0.25, 0.3) is 0 Å². The molecule has 1 heterocycles. The fourth-order valence-corrected chi connectivity index (χ4v) is 1.75. The van der Waals surface area contributed by atoms with Gasteiger partial charge in [0, 0.05) is 5.56 Å². The highest BCUT2D eigenvalue weighted by atomic mass is 16.3. The quantitative estimate of drug-likeness (QED) is 0.773. The third-order valence-corrected chi connectivity index (χ3v) is 2.74. The summed E-state index contributed by atoms with van der Waals surface area (Å²) in [5.41, 5.74) is 2.88. The van der Waals surface area contributed by atoms with Crippen LogP contribution < -0.4 is 5.32 Å².